The van der Waals surface area contributed by atoms with Crippen LogP contribution in [0.3, 0.4) is 0 Å². The first-order valence-electron chi connectivity index (χ1n) is 6.74. The lowest BCUT2D eigenvalue weighted by atomic mass is 10.2. The highest BCUT2D eigenvalue weighted by Crippen LogP contribution is 2.23. The molecule has 1 aromatic carbocycles. The molecule has 108 valence electrons. The minimum Gasteiger partial charge on any atom is -0.272 e. The molecule has 0 spiro atoms. The number of hydrogen-bond donors (Lipinski definition) is 2. The number of rotatable bonds is 6. The van der Waals surface area contributed by atoms with Crippen molar-refractivity contribution in [1.29, 1.82) is 0 Å². The maximum absolute atomic E-state index is 5.69. The molecule has 0 radical (unpaired) electrons. The molecule has 20 heavy (non-hydrogen) atoms. The number of hydrazine groups is 1. The van der Waals surface area contributed by atoms with E-state index >= 15 is 0 Å². The third-order valence-electron chi connectivity index (χ3n) is 3.32. The molecule has 3 N–H and O–H groups in total. The molecule has 1 atom stereocenters. The molecule has 1 aromatic heterocycles. The summed E-state index contributed by atoms with van der Waals surface area (Å²) in [5, 5.41) is 4.37. The summed E-state index contributed by atoms with van der Waals surface area (Å²) in [5.74, 6) is 6.62. The summed E-state index contributed by atoms with van der Waals surface area (Å²) >= 11 is 1.84. The lowest BCUT2D eigenvalue weighted by molar-refractivity contribution is 0.551. The van der Waals surface area contributed by atoms with E-state index in [0.717, 1.165) is 17.9 Å². The van der Waals surface area contributed by atoms with Gasteiger partial charge in [-0.05, 0) is 31.5 Å². The molecule has 0 saturated carbocycles. The van der Waals surface area contributed by atoms with Crippen LogP contribution in [0.1, 0.15) is 17.0 Å². The van der Waals surface area contributed by atoms with Crippen molar-refractivity contribution in [1.82, 2.24) is 15.2 Å². The van der Waals surface area contributed by atoms with Crippen LogP contribution < -0.4 is 11.3 Å². The summed E-state index contributed by atoms with van der Waals surface area (Å²) in [5.41, 5.74) is 6.48. The Morgan fingerprint density at radius 2 is 2.10 bits per heavy atom. The first-order chi connectivity index (χ1) is 9.60. The van der Waals surface area contributed by atoms with Crippen LogP contribution in [-0.4, -0.2) is 21.6 Å². The van der Waals surface area contributed by atoms with Gasteiger partial charge >= 0.3 is 0 Å². The molecular weight excluding hydrogens is 268 g/mol. The summed E-state index contributed by atoms with van der Waals surface area (Å²) in [7, 11) is 1.98. The van der Waals surface area contributed by atoms with Crippen molar-refractivity contribution < 1.29 is 0 Å². The highest BCUT2D eigenvalue weighted by Gasteiger charge is 2.12. The SMILES string of the molecule is Cc1cc(CC(CSc2ccccc2C)NN)n(C)n1. The minimum absolute atomic E-state index is 0.231. The van der Waals surface area contributed by atoms with E-state index in [1.807, 2.05) is 30.4 Å². The van der Waals surface area contributed by atoms with Gasteiger partial charge in [-0.25, -0.2) is 0 Å². The van der Waals surface area contributed by atoms with Gasteiger partial charge in [0, 0.05) is 35.9 Å². The second-order valence-electron chi connectivity index (χ2n) is 5.04. The van der Waals surface area contributed by atoms with Crippen LogP contribution in [0.2, 0.25) is 0 Å². The third kappa shape index (κ3) is 3.85. The zero-order chi connectivity index (χ0) is 14.5. The second-order valence-corrected chi connectivity index (χ2v) is 6.11. The van der Waals surface area contributed by atoms with Gasteiger partial charge in [0.1, 0.15) is 0 Å². The maximum atomic E-state index is 5.69. The Balaban J connectivity index is 1.96. The second kappa shape index (κ2) is 6.92. The molecule has 0 aliphatic rings. The monoisotopic (exact) mass is 290 g/mol. The third-order valence-corrected chi connectivity index (χ3v) is 4.66. The Hall–Kier alpha value is -1.30. The van der Waals surface area contributed by atoms with Gasteiger partial charge < -0.3 is 0 Å². The van der Waals surface area contributed by atoms with Crippen LogP contribution in [-0.2, 0) is 13.5 Å². The van der Waals surface area contributed by atoms with Crippen LogP contribution in [0.25, 0.3) is 0 Å². The zero-order valence-electron chi connectivity index (χ0n) is 12.3. The number of aromatic nitrogens is 2. The molecule has 2 aromatic rings. The quantitative estimate of drug-likeness (QED) is 0.486. The fourth-order valence-corrected chi connectivity index (χ4v) is 3.25. The van der Waals surface area contributed by atoms with E-state index in [2.05, 4.69) is 47.8 Å². The van der Waals surface area contributed by atoms with Crippen molar-refractivity contribution >= 4 is 11.8 Å². The van der Waals surface area contributed by atoms with Crippen molar-refractivity contribution in [2.45, 2.75) is 31.2 Å². The van der Waals surface area contributed by atoms with E-state index in [9.17, 15) is 0 Å². The topological polar surface area (TPSA) is 55.9 Å². The zero-order valence-corrected chi connectivity index (χ0v) is 13.1. The van der Waals surface area contributed by atoms with Crippen molar-refractivity contribution in [2.75, 3.05) is 5.75 Å². The standard InChI is InChI=1S/C15H22N4S/c1-11-6-4-5-7-15(11)20-10-13(17-16)9-14-8-12(2)18-19(14)3/h4-8,13,17H,9-10,16H2,1-3H3. The normalized spacial score (nSPS) is 12.6. The van der Waals surface area contributed by atoms with E-state index in [1.165, 1.54) is 16.2 Å². The maximum Gasteiger partial charge on any atom is 0.0596 e. The molecule has 0 amide bonds. The van der Waals surface area contributed by atoms with Gasteiger partial charge in [-0.15, -0.1) is 11.8 Å². The molecule has 4 nitrogen and oxygen atoms in total. The first kappa shape index (κ1) is 15.1. The number of benzene rings is 1. The Morgan fingerprint density at radius 1 is 1.35 bits per heavy atom. The molecule has 0 fully saturated rings. The van der Waals surface area contributed by atoms with Gasteiger partial charge in [-0.3, -0.25) is 16.0 Å². The molecule has 1 heterocycles. The lowest BCUT2D eigenvalue weighted by Crippen LogP contribution is -2.39. The van der Waals surface area contributed by atoms with Crippen LogP contribution in [0.4, 0.5) is 0 Å². The highest BCUT2D eigenvalue weighted by atomic mass is 32.2. The van der Waals surface area contributed by atoms with Gasteiger partial charge in [-0.2, -0.15) is 5.10 Å². The number of thioether (sulfide) groups is 1. The van der Waals surface area contributed by atoms with Crippen molar-refractivity contribution in [3.63, 3.8) is 0 Å². The smallest absolute Gasteiger partial charge is 0.0596 e. The summed E-state index contributed by atoms with van der Waals surface area (Å²) in [4.78, 5) is 1.31. The van der Waals surface area contributed by atoms with E-state index in [0.29, 0.717) is 0 Å². The van der Waals surface area contributed by atoms with Crippen LogP contribution in [0, 0.1) is 13.8 Å². The van der Waals surface area contributed by atoms with Gasteiger partial charge in [0.05, 0.1) is 5.69 Å². The number of nitrogens with zero attached hydrogens (tertiary/aromatic N) is 2. The Bertz CT molecular complexity index is 565. The molecule has 5 heteroatoms. The average molecular weight is 290 g/mol. The van der Waals surface area contributed by atoms with Gasteiger partial charge in [-0.1, -0.05) is 18.2 Å². The van der Waals surface area contributed by atoms with E-state index in [-0.39, 0.29) is 6.04 Å². The Kier molecular flexibility index (Phi) is 5.23. The Labute approximate surface area is 124 Å². The largest absolute Gasteiger partial charge is 0.272 e. The summed E-state index contributed by atoms with van der Waals surface area (Å²) in [6, 6.07) is 10.8. The van der Waals surface area contributed by atoms with Gasteiger partial charge in [0.25, 0.3) is 0 Å². The predicted octanol–water partition coefficient (Wildman–Crippen LogP) is 2.20. The fraction of sp³-hybridized carbons (Fsp3) is 0.400. The lowest BCUT2D eigenvalue weighted by Gasteiger charge is -2.16. The van der Waals surface area contributed by atoms with Crippen molar-refractivity contribution in [2.24, 2.45) is 12.9 Å². The molecule has 2 rings (SSSR count). The van der Waals surface area contributed by atoms with Crippen LogP contribution in [0.5, 0.6) is 0 Å². The van der Waals surface area contributed by atoms with Crippen LogP contribution >= 0.6 is 11.8 Å². The Morgan fingerprint density at radius 3 is 2.70 bits per heavy atom. The fourth-order valence-electron chi connectivity index (χ4n) is 2.18. The minimum atomic E-state index is 0.231. The molecule has 0 saturated heterocycles. The number of nitrogens with one attached hydrogen (secondary N) is 1. The van der Waals surface area contributed by atoms with Crippen molar-refractivity contribution in [3.05, 3.63) is 47.3 Å². The highest BCUT2D eigenvalue weighted by molar-refractivity contribution is 7.99. The average Bonchev–Trinajstić information content (AvgIpc) is 2.74. The molecular formula is C15H22N4S. The first-order valence-corrected chi connectivity index (χ1v) is 7.72. The molecule has 0 aliphatic carbocycles. The van der Waals surface area contributed by atoms with E-state index in [1.54, 1.807) is 0 Å². The summed E-state index contributed by atoms with van der Waals surface area (Å²) in [6.07, 6.45) is 0.882. The van der Waals surface area contributed by atoms with Crippen LogP contribution in [0.15, 0.2) is 35.2 Å². The van der Waals surface area contributed by atoms with E-state index < -0.39 is 0 Å². The van der Waals surface area contributed by atoms with Gasteiger partial charge in [0.15, 0.2) is 0 Å². The predicted molar refractivity (Wildman–Crippen MR) is 84.7 cm³/mol. The number of nitrogens with two attached hydrogens (primary N) is 1. The van der Waals surface area contributed by atoms with Crippen molar-refractivity contribution in [3.8, 4) is 0 Å². The molecule has 0 bridgehead atoms. The molecule has 0 aliphatic heterocycles. The van der Waals surface area contributed by atoms with E-state index in [4.69, 9.17) is 5.84 Å². The number of aryl methyl sites for hydroxylation is 3. The summed E-state index contributed by atoms with van der Waals surface area (Å²) < 4.78 is 1.93. The van der Waals surface area contributed by atoms with Gasteiger partial charge in [0.2, 0.25) is 0 Å². The molecule has 1 unspecified atom stereocenters. The summed E-state index contributed by atoms with van der Waals surface area (Å²) in [6.45, 7) is 4.15. The number of hydrogen-bond acceptors (Lipinski definition) is 4.